The number of piperazine rings is 1. The maximum absolute atomic E-state index is 12.9. The molecule has 2 aromatic heterocycles. The number of hydrogen-bond donors (Lipinski definition) is 1. The van der Waals surface area contributed by atoms with Gasteiger partial charge in [0.25, 0.3) is 5.91 Å². The van der Waals surface area contributed by atoms with Gasteiger partial charge in [-0.1, -0.05) is 30.3 Å². The van der Waals surface area contributed by atoms with E-state index >= 15 is 0 Å². The molecule has 2 aliphatic heterocycles. The van der Waals surface area contributed by atoms with Crippen molar-refractivity contribution < 1.29 is 14.7 Å². The summed E-state index contributed by atoms with van der Waals surface area (Å²) in [4.78, 5) is 37.1. The van der Waals surface area contributed by atoms with E-state index in [0.29, 0.717) is 12.1 Å². The Morgan fingerprint density at radius 2 is 1.77 bits per heavy atom. The summed E-state index contributed by atoms with van der Waals surface area (Å²) in [6.45, 7) is 0.370. The molecule has 2 aliphatic rings. The van der Waals surface area contributed by atoms with E-state index in [4.69, 9.17) is 0 Å². The summed E-state index contributed by atoms with van der Waals surface area (Å²) in [6.07, 6.45) is 6.71. The van der Waals surface area contributed by atoms with Gasteiger partial charge < -0.3 is 14.9 Å². The molecule has 0 spiro atoms. The van der Waals surface area contributed by atoms with Crippen molar-refractivity contribution in [1.29, 1.82) is 0 Å². The van der Waals surface area contributed by atoms with Gasteiger partial charge in [0.15, 0.2) is 0 Å². The average Bonchev–Trinajstić information content (AvgIpc) is 2.81. The van der Waals surface area contributed by atoms with Gasteiger partial charge in [-0.2, -0.15) is 0 Å². The zero-order valence-electron chi connectivity index (χ0n) is 16.8. The first-order valence-electron chi connectivity index (χ1n) is 10.3. The molecule has 31 heavy (non-hydrogen) atoms. The van der Waals surface area contributed by atoms with Crippen LogP contribution in [0.15, 0.2) is 73.3 Å². The minimum absolute atomic E-state index is 0.0232. The van der Waals surface area contributed by atoms with Gasteiger partial charge in [0.05, 0.1) is 18.7 Å². The quantitative estimate of drug-likeness (QED) is 0.705. The molecule has 3 aromatic rings. The van der Waals surface area contributed by atoms with Crippen LogP contribution in [0.25, 0.3) is 11.1 Å². The number of aliphatic hydroxyl groups is 1. The number of hydrogen-bond acceptors (Lipinski definition) is 5. The first-order valence-corrected chi connectivity index (χ1v) is 10.3. The molecule has 2 saturated heterocycles. The highest BCUT2D eigenvalue weighted by Crippen LogP contribution is 2.43. The number of carbonyl (C=O) groups is 2. The molecule has 1 N–H and O–H groups in total. The van der Waals surface area contributed by atoms with Crippen LogP contribution in [0.4, 0.5) is 0 Å². The molecular weight excluding hydrogens is 392 g/mol. The average molecular weight is 414 g/mol. The van der Waals surface area contributed by atoms with Crippen LogP contribution in [0.3, 0.4) is 0 Å². The molecule has 2 fully saturated rings. The van der Waals surface area contributed by atoms with Gasteiger partial charge >= 0.3 is 0 Å². The lowest BCUT2D eigenvalue weighted by Gasteiger charge is -2.58. The summed E-state index contributed by atoms with van der Waals surface area (Å²) in [5, 5.41) is 9.97. The second kappa shape index (κ2) is 7.92. The number of benzene rings is 1. The van der Waals surface area contributed by atoms with Gasteiger partial charge in [-0.15, -0.1) is 0 Å². The molecule has 0 bridgehead atoms. The van der Waals surface area contributed by atoms with Crippen molar-refractivity contribution in [3.63, 3.8) is 0 Å². The lowest BCUT2D eigenvalue weighted by Crippen LogP contribution is -2.73. The van der Waals surface area contributed by atoms with Crippen LogP contribution in [-0.2, 0) is 4.79 Å². The van der Waals surface area contributed by atoms with Gasteiger partial charge in [-0.25, -0.2) is 0 Å². The van der Waals surface area contributed by atoms with Crippen LogP contribution in [0.5, 0.6) is 0 Å². The van der Waals surface area contributed by atoms with Crippen molar-refractivity contribution in [3.8, 4) is 11.1 Å². The first kappa shape index (κ1) is 19.4. The monoisotopic (exact) mass is 414 g/mol. The highest BCUT2D eigenvalue weighted by atomic mass is 16.3. The van der Waals surface area contributed by atoms with E-state index in [9.17, 15) is 14.7 Å². The van der Waals surface area contributed by atoms with Gasteiger partial charge in [-0.05, 0) is 34.9 Å². The van der Waals surface area contributed by atoms with Crippen molar-refractivity contribution in [2.45, 2.75) is 18.0 Å². The largest absolute Gasteiger partial charge is 0.394 e. The van der Waals surface area contributed by atoms with Crippen molar-refractivity contribution in [3.05, 3.63) is 84.4 Å². The Labute approximate surface area is 180 Å². The third-order valence-corrected chi connectivity index (χ3v) is 6.26. The topological polar surface area (TPSA) is 86.6 Å². The highest BCUT2D eigenvalue weighted by molar-refractivity contribution is 5.97. The van der Waals surface area contributed by atoms with E-state index in [-0.39, 0.29) is 43.0 Å². The predicted molar refractivity (Wildman–Crippen MR) is 114 cm³/mol. The number of amides is 2. The third kappa shape index (κ3) is 3.37. The normalized spacial score (nSPS) is 22.6. The molecule has 3 atom stereocenters. The molecule has 156 valence electrons. The summed E-state index contributed by atoms with van der Waals surface area (Å²) in [5.74, 6) is -0.320. The van der Waals surface area contributed by atoms with Crippen molar-refractivity contribution in [2.75, 3.05) is 19.7 Å². The van der Waals surface area contributed by atoms with E-state index in [0.717, 1.165) is 16.7 Å². The van der Waals surface area contributed by atoms with Crippen molar-refractivity contribution in [1.82, 2.24) is 19.8 Å². The molecule has 0 radical (unpaired) electrons. The summed E-state index contributed by atoms with van der Waals surface area (Å²) in [5.41, 5.74) is 3.67. The molecule has 2 amide bonds. The molecule has 1 aromatic carbocycles. The molecule has 7 nitrogen and oxygen atoms in total. The van der Waals surface area contributed by atoms with E-state index in [1.54, 1.807) is 40.5 Å². The summed E-state index contributed by atoms with van der Waals surface area (Å²) < 4.78 is 0. The zero-order valence-corrected chi connectivity index (χ0v) is 16.8. The van der Waals surface area contributed by atoms with Crippen LogP contribution in [0, 0.1) is 0 Å². The maximum Gasteiger partial charge on any atom is 0.254 e. The molecule has 0 saturated carbocycles. The Balaban J connectivity index is 1.39. The van der Waals surface area contributed by atoms with E-state index in [1.807, 2.05) is 42.6 Å². The molecule has 0 unspecified atom stereocenters. The Kier molecular flexibility index (Phi) is 4.95. The van der Waals surface area contributed by atoms with Crippen molar-refractivity contribution in [2.24, 2.45) is 0 Å². The molecule has 0 aliphatic carbocycles. The van der Waals surface area contributed by atoms with Crippen LogP contribution >= 0.6 is 0 Å². The predicted octanol–water partition coefficient (Wildman–Crippen LogP) is 1.95. The molecule has 7 heteroatoms. The van der Waals surface area contributed by atoms with Crippen molar-refractivity contribution >= 4 is 11.8 Å². The van der Waals surface area contributed by atoms with E-state index in [2.05, 4.69) is 9.97 Å². The van der Waals surface area contributed by atoms with Crippen LogP contribution < -0.4 is 0 Å². The number of nitrogens with zero attached hydrogens (tertiary/aromatic N) is 4. The number of rotatable bonds is 4. The highest BCUT2D eigenvalue weighted by Gasteiger charge is 2.54. The number of aromatic nitrogens is 2. The Morgan fingerprint density at radius 1 is 1.00 bits per heavy atom. The van der Waals surface area contributed by atoms with E-state index in [1.165, 1.54) is 0 Å². The smallest absolute Gasteiger partial charge is 0.254 e. The Hall–Kier alpha value is -3.58. The second-order valence-corrected chi connectivity index (χ2v) is 7.93. The fraction of sp³-hybridized carbons (Fsp3) is 0.250. The minimum Gasteiger partial charge on any atom is -0.394 e. The Bertz CT molecular complexity index is 1090. The number of pyridine rings is 2. The molecule has 5 rings (SSSR count). The third-order valence-electron chi connectivity index (χ3n) is 6.26. The lowest BCUT2D eigenvalue weighted by atomic mass is 9.73. The van der Waals surface area contributed by atoms with Crippen LogP contribution in [-0.4, -0.2) is 68.5 Å². The summed E-state index contributed by atoms with van der Waals surface area (Å²) in [6, 6.07) is 15.0. The maximum atomic E-state index is 12.9. The zero-order chi connectivity index (χ0) is 21.4. The fourth-order valence-electron chi connectivity index (χ4n) is 4.76. The summed E-state index contributed by atoms with van der Waals surface area (Å²) in [7, 11) is 0. The molecule has 4 heterocycles. The summed E-state index contributed by atoms with van der Waals surface area (Å²) >= 11 is 0. The standard InChI is InChI=1S/C24H22N4O3/c29-15-21-23(17-5-3-16(4-6-17)19-2-1-9-26-12-19)20-13-27(14-22(30)28(20)21)24(31)18-7-10-25-11-8-18/h1-12,20-21,23,29H,13-15H2/t20-,21-,23+/m0/s1. The Morgan fingerprint density at radius 3 is 2.45 bits per heavy atom. The van der Waals surface area contributed by atoms with Gasteiger partial charge in [-0.3, -0.25) is 19.6 Å². The van der Waals surface area contributed by atoms with E-state index < -0.39 is 0 Å². The van der Waals surface area contributed by atoms with Crippen LogP contribution in [0.2, 0.25) is 0 Å². The second-order valence-electron chi connectivity index (χ2n) is 7.93. The van der Waals surface area contributed by atoms with Gasteiger partial charge in [0, 0.05) is 42.8 Å². The van der Waals surface area contributed by atoms with Gasteiger partial charge in [0.2, 0.25) is 5.91 Å². The fourth-order valence-corrected chi connectivity index (χ4v) is 4.76. The number of aliphatic hydroxyl groups excluding tert-OH is 1. The molecular formula is C24H22N4O3. The minimum atomic E-state index is -0.264. The van der Waals surface area contributed by atoms with Gasteiger partial charge in [0.1, 0.15) is 6.54 Å². The number of fused-ring (bicyclic) bond motifs is 1. The van der Waals surface area contributed by atoms with Crippen LogP contribution in [0.1, 0.15) is 21.8 Å². The lowest BCUT2D eigenvalue weighted by molar-refractivity contribution is -0.159. The SMILES string of the molecule is O=C(c1ccncc1)N1CC(=O)N2[C@@H](CO)[C@H](c3ccc(-c4cccnc4)cc3)[C@@H]2C1. The number of carbonyl (C=O) groups excluding carboxylic acids is 2. The first-order chi connectivity index (χ1) is 15.2.